The third-order valence-corrected chi connectivity index (χ3v) is 6.78. The fourth-order valence-electron chi connectivity index (χ4n) is 1.22. The highest BCUT2D eigenvalue weighted by Gasteiger charge is 2.22. The average Bonchev–Trinajstić information content (AvgIpc) is 2.68. The fourth-order valence-corrected chi connectivity index (χ4v) is 5.95. The standard InChI is InChI=1S/C10H14NS4/c1-11(2,3)6-8-7-14-10(15-8)9-12-4-5-13-9/h4-5,7H,6H2,1-3H3/q+1. The smallest absolute Gasteiger partial charge is 0.111 e. The average molecular weight is 276 g/mol. The summed E-state index contributed by atoms with van der Waals surface area (Å²) < 4.78 is 3.90. The highest BCUT2D eigenvalue weighted by atomic mass is 32.2. The van der Waals surface area contributed by atoms with Crippen molar-refractivity contribution in [2.45, 2.75) is 0 Å². The molecule has 0 aliphatic carbocycles. The molecule has 1 nitrogen and oxygen atoms in total. The molecule has 0 fully saturated rings. The summed E-state index contributed by atoms with van der Waals surface area (Å²) >= 11 is 7.50. The van der Waals surface area contributed by atoms with Crippen molar-refractivity contribution < 1.29 is 4.48 Å². The maximum absolute atomic E-state index is 2.30. The van der Waals surface area contributed by atoms with Crippen LogP contribution in [0.2, 0.25) is 0 Å². The number of quaternary nitrogens is 1. The molecule has 0 aromatic rings. The van der Waals surface area contributed by atoms with Crippen LogP contribution in [0.4, 0.5) is 0 Å². The number of likely N-dealkylation sites (N-methyl/N-ethyl adjacent to an activating group) is 1. The van der Waals surface area contributed by atoms with Gasteiger partial charge in [0, 0.05) is 0 Å². The van der Waals surface area contributed by atoms with Crippen LogP contribution in [-0.2, 0) is 0 Å². The van der Waals surface area contributed by atoms with Crippen LogP contribution in [0, 0.1) is 0 Å². The van der Waals surface area contributed by atoms with Gasteiger partial charge >= 0.3 is 0 Å². The first-order valence-corrected chi connectivity index (χ1v) is 8.07. The van der Waals surface area contributed by atoms with Crippen molar-refractivity contribution >= 4 is 47.0 Å². The van der Waals surface area contributed by atoms with E-state index < -0.39 is 0 Å². The molecule has 5 heteroatoms. The molecule has 2 rings (SSSR count). The molecule has 0 aromatic heterocycles. The molecule has 0 amide bonds. The van der Waals surface area contributed by atoms with Crippen molar-refractivity contribution in [1.82, 2.24) is 0 Å². The topological polar surface area (TPSA) is 0 Å². The molecular weight excluding hydrogens is 262 g/mol. The van der Waals surface area contributed by atoms with Crippen LogP contribution in [0.15, 0.2) is 29.6 Å². The Balaban J connectivity index is 1.96. The molecule has 0 bridgehead atoms. The van der Waals surface area contributed by atoms with E-state index in [0.29, 0.717) is 0 Å². The monoisotopic (exact) mass is 276 g/mol. The van der Waals surface area contributed by atoms with E-state index in [1.54, 1.807) is 0 Å². The Hall–Kier alpha value is 0.580. The third-order valence-electron chi connectivity index (χ3n) is 1.72. The van der Waals surface area contributed by atoms with Crippen LogP contribution >= 0.6 is 47.0 Å². The summed E-state index contributed by atoms with van der Waals surface area (Å²) in [5.74, 6) is 0. The van der Waals surface area contributed by atoms with E-state index in [1.807, 2.05) is 47.0 Å². The zero-order valence-corrected chi connectivity index (χ0v) is 12.3. The van der Waals surface area contributed by atoms with Crippen LogP contribution in [-0.4, -0.2) is 32.2 Å². The van der Waals surface area contributed by atoms with E-state index >= 15 is 0 Å². The lowest BCUT2D eigenvalue weighted by Gasteiger charge is -2.23. The molecule has 0 N–H and O–H groups in total. The molecule has 0 spiro atoms. The zero-order chi connectivity index (χ0) is 10.9. The van der Waals surface area contributed by atoms with Gasteiger partial charge in [0.2, 0.25) is 0 Å². The van der Waals surface area contributed by atoms with E-state index in [2.05, 4.69) is 37.4 Å². The summed E-state index contributed by atoms with van der Waals surface area (Å²) in [5, 5.41) is 6.62. The van der Waals surface area contributed by atoms with Crippen LogP contribution in [0.1, 0.15) is 0 Å². The van der Waals surface area contributed by atoms with E-state index in [0.717, 1.165) is 11.0 Å². The second-order valence-corrected chi connectivity index (χ2v) is 8.70. The lowest BCUT2D eigenvalue weighted by Crippen LogP contribution is -2.35. The predicted molar refractivity (Wildman–Crippen MR) is 77.5 cm³/mol. The molecule has 82 valence electrons. The molecule has 0 saturated carbocycles. The Labute approximate surface area is 108 Å². The summed E-state index contributed by atoms with van der Waals surface area (Å²) in [6, 6.07) is 0. The van der Waals surface area contributed by atoms with Crippen molar-refractivity contribution in [1.29, 1.82) is 0 Å². The van der Waals surface area contributed by atoms with Crippen LogP contribution in [0.25, 0.3) is 0 Å². The van der Waals surface area contributed by atoms with Crippen molar-refractivity contribution in [2.24, 2.45) is 0 Å². The molecule has 0 saturated heterocycles. The number of rotatable bonds is 2. The van der Waals surface area contributed by atoms with Gasteiger partial charge in [-0.05, 0) is 16.2 Å². The van der Waals surface area contributed by atoms with Crippen LogP contribution < -0.4 is 0 Å². The number of hydrogen-bond donors (Lipinski definition) is 0. The Bertz CT molecular complexity index is 339. The van der Waals surface area contributed by atoms with Crippen LogP contribution in [0.5, 0.6) is 0 Å². The first-order valence-electron chi connectivity index (χ1n) is 4.61. The minimum Gasteiger partial charge on any atom is -0.327 e. The first kappa shape index (κ1) is 12.0. The predicted octanol–water partition coefficient (Wildman–Crippen LogP) is 4.09. The third kappa shape index (κ3) is 3.53. The highest BCUT2D eigenvalue weighted by Crippen LogP contribution is 2.53. The van der Waals surface area contributed by atoms with Crippen molar-refractivity contribution in [3.05, 3.63) is 29.6 Å². The summed E-state index contributed by atoms with van der Waals surface area (Å²) in [7, 11) is 6.70. The Morgan fingerprint density at radius 3 is 2.27 bits per heavy atom. The normalized spacial score (nSPS) is 21.4. The molecule has 15 heavy (non-hydrogen) atoms. The Morgan fingerprint density at radius 2 is 1.67 bits per heavy atom. The number of thioether (sulfide) groups is 4. The van der Waals surface area contributed by atoms with E-state index in [9.17, 15) is 0 Å². The molecular formula is C10H14NS4+. The lowest BCUT2D eigenvalue weighted by molar-refractivity contribution is -0.864. The van der Waals surface area contributed by atoms with Gasteiger partial charge in [0.1, 0.15) is 6.54 Å². The van der Waals surface area contributed by atoms with Gasteiger partial charge in [-0.25, -0.2) is 0 Å². The SMILES string of the molecule is C[N+](C)(C)CC1=CSC(=C2SC=CS2)S1. The maximum Gasteiger partial charge on any atom is 0.111 e. The highest BCUT2D eigenvalue weighted by molar-refractivity contribution is 8.33. The second-order valence-electron chi connectivity index (χ2n) is 4.34. The largest absolute Gasteiger partial charge is 0.327 e. The van der Waals surface area contributed by atoms with Crippen molar-refractivity contribution in [2.75, 3.05) is 27.7 Å². The Kier molecular flexibility index (Phi) is 3.88. The summed E-state index contributed by atoms with van der Waals surface area (Å²) in [5.41, 5.74) is 0. The van der Waals surface area contributed by atoms with Crippen molar-refractivity contribution in [3.63, 3.8) is 0 Å². The summed E-state index contributed by atoms with van der Waals surface area (Å²) in [6.07, 6.45) is 0. The van der Waals surface area contributed by atoms with Gasteiger partial charge in [0.25, 0.3) is 0 Å². The van der Waals surface area contributed by atoms with Gasteiger partial charge in [0.05, 0.1) is 34.5 Å². The van der Waals surface area contributed by atoms with Gasteiger partial charge in [-0.1, -0.05) is 47.0 Å². The van der Waals surface area contributed by atoms with Crippen LogP contribution in [0.3, 0.4) is 0 Å². The minimum atomic E-state index is 1.00. The van der Waals surface area contributed by atoms with Gasteiger partial charge in [0.15, 0.2) is 0 Å². The van der Waals surface area contributed by atoms with E-state index in [1.165, 1.54) is 13.4 Å². The zero-order valence-electron chi connectivity index (χ0n) is 9.02. The van der Waals surface area contributed by atoms with Gasteiger partial charge in [-0.15, -0.1) is 0 Å². The molecule has 0 radical (unpaired) electrons. The van der Waals surface area contributed by atoms with E-state index in [-0.39, 0.29) is 0 Å². The lowest BCUT2D eigenvalue weighted by atomic mass is 10.5. The molecule has 0 atom stereocenters. The van der Waals surface area contributed by atoms with E-state index in [4.69, 9.17) is 0 Å². The van der Waals surface area contributed by atoms with Gasteiger partial charge in [-0.3, -0.25) is 0 Å². The molecule has 2 aliphatic heterocycles. The summed E-state index contributed by atoms with van der Waals surface area (Å²) in [6.45, 7) is 1.12. The molecule has 2 heterocycles. The number of hydrogen-bond acceptors (Lipinski definition) is 4. The van der Waals surface area contributed by atoms with Gasteiger partial charge < -0.3 is 4.48 Å². The Morgan fingerprint density at radius 1 is 1.00 bits per heavy atom. The number of nitrogens with zero attached hydrogens (tertiary/aromatic N) is 1. The molecule has 2 aliphatic rings. The quantitative estimate of drug-likeness (QED) is 0.696. The fraction of sp³-hybridized carbons (Fsp3) is 0.400. The second kappa shape index (κ2) is 4.84. The first-order chi connectivity index (χ1) is 7.04. The molecule has 0 aromatic carbocycles. The van der Waals surface area contributed by atoms with Crippen molar-refractivity contribution in [3.8, 4) is 0 Å². The van der Waals surface area contributed by atoms with Gasteiger partial charge in [-0.2, -0.15) is 0 Å². The minimum absolute atomic E-state index is 1.00. The maximum atomic E-state index is 2.30. The summed E-state index contributed by atoms with van der Waals surface area (Å²) in [4.78, 5) is 1.49. The molecule has 0 unspecified atom stereocenters.